The Kier molecular flexibility index (Phi) is 3.57. The molecule has 82 valence electrons. The fraction of sp³-hybridized carbons (Fsp3) is 0.143. The van der Waals surface area contributed by atoms with Gasteiger partial charge in [0.05, 0.1) is 6.04 Å². The van der Waals surface area contributed by atoms with Crippen LogP contribution in [0, 0.1) is 0 Å². The second-order valence-electron chi connectivity index (χ2n) is 3.67. The second-order valence-corrected chi connectivity index (χ2v) is 3.67. The first kappa shape index (κ1) is 10.7. The Labute approximate surface area is 95.8 Å². The number of hydrogen-bond donors (Lipinski definition) is 1. The molecule has 2 nitrogen and oxygen atoms in total. The van der Waals surface area contributed by atoms with E-state index in [-0.39, 0.29) is 6.04 Å². The van der Waals surface area contributed by atoms with Crippen LogP contribution in [-0.4, -0.2) is 0 Å². The van der Waals surface area contributed by atoms with Gasteiger partial charge in [-0.05, 0) is 24.6 Å². The third kappa shape index (κ3) is 2.84. The summed E-state index contributed by atoms with van der Waals surface area (Å²) in [6.45, 7) is 2.07. The molecule has 1 unspecified atom stereocenters. The molecule has 2 heteroatoms. The molecule has 0 aliphatic carbocycles. The van der Waals surface area contributed by atoms with Gasteiger partial charge in [0.2, 0.25) is 0 Å². The smallest absolute Gasteiger partial charge is 0.147 e. The molecule has 0 amide bonds. The van der Waals surface area contributed by atoms with E-state index in [1.807, 2.05) is 48.5 Å². The molecule has 0 aliphatic rings. The van der Waals surface area contributed by atoms with Crippen LogP contribution in [-0.2, 0) is 0 Å². The summed E-state index contributed by atoms with van der Waals surface area (Å²) in [6.07, 6.45) is 0. The highest BCUT2D eigenvalue weighted by Crippen LogP contribution is 2.13. The van der Waals surface area contributed by atoms with Gasteiger partial charge in [0.15, 0.2) is 0 Å². The van der Waals surface area contributed by atoms with Gasteiger partial charge in [-0.3, -0.25) is 0 Å². The Morgan fingerprint density at radius 2 is 1.44 bits per heavy atom. The van der Waals surface area contributed by atoms with Crippen molar-refractivity contribution >= 4 is 0 Å². The molecule has 0 bridgehead atoms. The van der Waals surface area contributed by atoms with Crippen LogP contribution in [0.15, 0.2) is 60.7 Å². The lowest BCUT2D eigenvalue weighted by Gasteiger charge is -2.14. The van der Waals surface area contributed by atoms with Crippen LogP contribution < -0.4 is 10.3 Å². The summed E-state index contributed by atoms with van der Waals surface area (Å²) in [6, 6.07) is 20.1. The Morgan fingerprint density at radius 3 is 2.06 bits per heavy atom. The predicted molar refractivity (Wildman–Crippen MR) is 65.1 cm³/mol. The van der Waals surface area contributed by atoms with Crippen LogP contribution in [0.5, 0.6) is 5.75 Å². The molecule has 0 aromatic heterocycles. The highest BCUT2D eigenvalue weighted by Gasteiger charge is 2.03. The van der Waals surface area contributed by atoms with Crippen molar-refractivity contribution in [3.8, 4) is 5.75 Å². The number of para-hydroxylation sites is 1. The fourth-order valence-electron chi connectivity index (χ4n) is 1.45. The van der Waals surface area contributed by atoms with Gasteiger partial charge in [-0.25, -0.2) is 0 Å². The Bertz CT molecular complexity index is 413. The van der Waals surface area contributed by atoms with E-state index in [2.05, 4.69) is 24.5 Å². The first-order valence-corrected chi connectivity index (χ1v) is 5.38. The number of rotatable bonds is 4. The normalized spacial score (nSPS) is 12.1. The van der Waals surface area contributed by atoms with E-state index in [9.17, 15) is 0 Å². The average Bonchev–Trinajstić information content (AvgIpc) is 2.38. The molecule has 2 aromatic carbocycles. The van der Waals surface area contributed by atoms with Crippen molar-refractivity contribution in [2.45, 2.75) is 13.0 Å². The largest absolute Gasteiger partial charge is 0.408 e. The van der Waals surface area contributed by atoms with Crippen LogP contribution in [0.4, 0.5) is 0 Å². The number of hydroxylamine groups is 1. The number of nitrogens with one attached hydrogen (secondary N) is 1. The minimum Gasteiger partial charge on any atom is -0.408 e. The van der Waals surface area contributed by atoms with Gasteiger partial charge in [-0.15, -0.1) is 5.48 Å². The Balaban J connectivity index is 1.92. The van der Waals surface area contributed by atoms with E-state index in [0.717, 1.165) is 5.75 Å². The molecule has 2 aromatic rings. The summed E-state index contributed by atoms with van der Waals surface area (Å²) in [5, 5.41) is 0. The van der Waals surface area contributed by atoms with E-state index in [0.29, 0.717) is 0 Å². The van der Waals surface area contributed by atoms with Crippen molar-refractivity contribution in [3.05, 3.63) is 66.2 Å². The fourth-order valence-corrected chi connectivity index (χ4v) is 1.45. The monoisotopic (exact) mass is 213 g/mol. The minimum atomic E-state index is 0.168. The molecule has 1 atom stereocenters. The molecule has 0 radical (unpaired) electrons. The molecular weight excluding hydrogens is 198 g/mol. The van der Waals surface area contributed by atoms with Gasteiger partial charge in [0.1, 0.15) is 5.75 Å². The molecule has 0 heterocycles. The summed E-state index contributed by atoms with van der Waals surface area (Å²) in [4.78, 5) is 5.47. The predicted octanol–water partition coefficient (Wildman–Crippen LogP) is 3.33. The molecule has 0 spiro atoms. The molecule has 0 saturated carbocycles. The minimum absolute atomic E-state index is 0.168. The SMILES string of the molecule is CC(NOc1ccccc1)c1ccccc1. The quantitative estimate of drug-likeness (QED) is 0.786. The summed E-state index contributed by atoms with van der Waals surface area (Å²) < 4.78 is 0. The van der Waals surface area contributed by atoms with E-state index in [1.54, 1.807) is 0 Å². The van der Waals surface area contributed by atoms with E-state index in [1.165, 1.54) is 5.56 Å². The summed E-state index contributed by atoms with van der Waals surface area (Å²) in [7, 11) is 0. The van der Waals surface area contributed by atoms with Crippen molar-refractivity contribution in [2.24, 2.45) is 0 Å². The first-order valence-electron chi connectivity index (χ1n) is 5.38. The van der Waals surface area contributed by atoms with Gasteiger partial charge >= 0.3 is 0 Å². The van der Waals surface area contributed by atoms with Crippen molar-refractivity contribution < 1.29 is 4.84 Å². The van der Waals surface area contributed by atoms with Crippen LogP contribution in [0.25, 0.3) is 0 Å². The molecule has 1 N–H and O–H groups in total. The van der Waals surface area contributed by atoms with Crippen molar-refractivity contribution in [1.29, 1.82) is 0 Å². The van der Waals surface area contributed by atoms with E-state index >= 15 is 0 Å². The zero-order valence-corrected chi connectivity index (χ0v) is 9.26. The Morgan fingerprint density at radius 1 is 0.875 bits per heavy atom. The highest BCUT2D eigenvalue weighted by atomic mass is 16.6. The number of hydrogen-bond acceptors (Lipinski definition) is 2. The van der Waals surface area contributed by atoms with Gasteiger partial charge in [0, 0.05) is 0 Å². The van der Waals surface area contributed by atoms with Crippen LogP contribution in [0.1, 0.15) is 18.5 Å². The molecule has 16 heavy (non-hydrogen) atoms. The maximum absolute atomic E-state index is 5.47. The Hall–Kier alpha value is -1.80. The maximum atomic E-state index is 5.47. The van der Waals surface area contributed by atoms with Crippen LogP contribution >= 0.6 is 0 Å². The molecular formula is C14H15NO. The summed E-state index contributed by atoms with van der Waals surface area (Å²) in [5.41, 5.74) is 4.22. The lowest BCUT2D eigenvalue weighted by molar-refractivity contribution is 0.162. The van der Waals surface area contributed by atoms with Crippen molar-refractivity contribution in [2.75, 3.05) is 0 Å². The third-order valence-corrected chi connectivity index (χ3v) is 2.40. The summed E-state index contributed by atoms with van der Waals surface area (Å²) in [5.74, 6) is 0.824. The van der Waals surface area contributed by atoms with E-state index < -0.39 is 0 Å². The van der Waals surface area contributed by atoms with Crippen molar-refractivity contribution in [3.63, 3.8) is 0 Å². The molecule has 2 rings (SSSR count). The van der Waals surface area contributed by atoms with Gasteiger partial charge in [-0.2, -0.15) is 0 Å². The standard InChI is InChI=1S/C14H15NO/c1-12(13-8-4-2-5-9-13)15-16-14-10-6-3-7-11-14/h2-12,15H,1H3. The van der Waals surface area contributed by atoms with Gasteiger partial charge in [-0.1, -0.05) is 48.5 Å². The van der Waals surface area contributed by atoms with E-state index in [4.69, 9.17) is 4.84 Å². The molecule has 0 aliphatic heterocycles. The maximum Gasteiger partial charge on any atom is 0.147 e. The molecule has 0 saturated heterocycles. The topological polar surface area (TPSA) is 21.3 Å². The zero-order valence-electron chi connectivity index (χ0n) is 9.26. The van der Waals surface area contributed by atoms with Crippen LogP contribution in [0.2, 0.25) is 0 Å². The third-order valence-electron chi connectivity index (χ3n) is 2.40. The lowest BCUT2D eigenvalue weighted by Crippen LogP contribution is -2.22. The van der Waals surface area contributed by atoms with Gasteiger partial charge in [0.25, 0.3) is 0 Å². The van der Waals surface area contributed by atoms with Crippen molar-refractivity contribution in [1.82, 2.24) is 5.48 Å². The highest BCUT2D eigenvalue weighted by molar-refractivity contribution is 5.21. The summed E-state index contributed by atoms with van der Waals surface area (Å²) >= 11 is 0. The second kappa shape index (κ2) is 5.33. The zero-order chi connectivity index (χ0) is 11.2. The lowest BCUT2D eigenvalue weighted by atomic mass is 10.1. The first-order chi connectivity index (χ1) is 7.86. The average molecular weight is 213 g/mol. The van der Waals surface area contributed by atoms with Crippen LogP contribution in [0.3, 0.4) is 0 Å². The number of benzene rings is 2. The molecule has 0 fully saturated rings. The van der Waals surface area contributed by atoms with Gasteiger partial charge < -0.3 is 4.84 Å².